The van der Waals surface area contributed by atoms with Crippen molar-refractivity contribution in [2.24, 2.45) is 0 Å². The van der Waals surface area contributed by atoms with Crippen LogP contribution in [0, 0.1) is 10.1 Å². The van der Waals surface area contributed by atoms with Gasteiger partial charge in [-0.2, -0.15) is 0 Å². The van der Waals surface area contributed by atoms with Gasteiger partial charge in [0.1, 0.15) is 0 Å². The Bertz CT molecular complexity index is 599. The van der Waals surface area contributed by atoms with Gasteiger partial charge in [0.05, 0.1) is 4.92 Å². The number of hydrogen-bond donors (Lipinski definition) is 1. The van der Waals surface area contributed by atoms with E-state index < -0.39 is 31.4 Å². The van der Waals surface area contributed by atoms with Gasteiger partial charge in [0.2, 0.25) is 5.91 Å². The smallest absolute Gasteiger partial charge is 0.289 e. The predicted molar refractivity (Wildman–Crippen MR) is 69.5 cm³/mol. The minimum Gasteiger partial charge on any atom is -0.385 e. The fourth-order valence-corrected chi connectivity index (χ4v) is 2.66. The fourth-order valence-electron chi connectivity index (χ4n) is 1.47. The molecule has 0 aliphatic carbocycles. The first-order chi connectivity index (χ1) is 9.38. The molecule has 0 fully saturated rings. The normalized spacial score (nSPS) is 11.1. The van der Waals surface area contributed by atoms with Crippen LogP contribution in [0.25, 0.3) is 0 Å². The Morgan fingerprint density at radius 1 is 1.40 bits per heavy atom. The summed E-state index contributed by atoms with van der Waals surface area (Å²) in [5.74, 6) is -0.736. The Labute approximate surface area is 115 Å². The van der Waals surface area contributed by atoms with E-state index in [9.17, 15) is 23.3 Å². The van der Waals surface area contributed by atoms with Gasteiger partial charge in [-0.05, 0) is 12.5 Å². The molecule has 0 aromatic heterocycles. The van der Waals surface area contributed by atoms with Crippen LogP contribution >= 0.6 is 0 Å². The van der Waals surface area contributed by atoms with Crippen LogP contribution in [-0.4, -0.2) is 33.0 Å². The molecule has 0 spiro atoms. The zero-order chi connectivity index (χ0) is 15.2. The Balaban J connectivity index is 2.89. The molecule has 1 aromatic carbocycles. The van der Waals surface area contributed by atoms with Crippen LogP contribution in [0.15, 0.2) is 29.2 Å². The number of para-hydroxylation sites is 1. The van der Waals surface area contributed by atoms with Crippen LogP contribution in [0.1, 0.15) is 12.8 Å². The zero-order valence-electron chi connectivity index (χ0n) is 10.7. The average Bonchev–Trinajstić information content (AvgIpc) is 2.38. The third-order valence-electron chi connectivity index (χ3n) is 2.35. The number of hydrogen-bond acceptors (Lipinski definition) is 6. The summed E-state index contributed by atoms with van der Waals surface area (Å²) >= 11 is 0. The lowest BCUT2D eigenvalue weighted by molar-refractivity contribution is -0.387. The fraction of sp³-hybridized carbons (Fsp3) is 0.364. The van der Waals surface area contributed by atoms with Crippen molar-refractivity contribution in [2.45, 2.75) is 17.7 Å². The third kappa shape index (κ3) is 4.28. The van der Waals surface area contributed by atoms with Crippen molar-refractivity contribution < 1.29 is 22.9 Å². The Kier molecular flexibility index (Phi) is 5.59. The first-order valence-corrected chi connectivity index (χ1v) is 7.15. The summed E-state index contributed by atoms with van der Waals surface area (Å²) in [5, 5.41) is 10.8. The lowest BCUT2D eigenvalue weighted by Crippen LogP contribution is -2.31. The molecule has 1 aromatic rings. The number of nitrogens with zero attached hydrogens (tertiary/aromatic N) is 1. The number of amides is 1. The Morgan fingerprint density at radius 3 is 2.65 bits per heavy atom. The molecule has 0 aliphatic rings. The number of ether oxygens (including phenoxy) is 1. The highest BCUT2D eigenvalue weighted by molar-refractivity contribution is 7.90. The van der Waals surface area contributed by atoms with Crippen LogP contribution in [0.2, 0.25) is 0 Å². The standard InChI is InChI=1S/C11H14N2O6S/c1-19-8-4-7-11(14)12-20(17,18)10-6-3-2-5-9(10)13(15)16/h2-3,5-6H,4,7-8H2,1H3,(H,12,14). The topological polar surface area (TPSA) is 116 Å². The third-order valence-corrected chi connectivity index (χ3v) is 3.77. The maximum absolute atomic E-state index is 11.9. The summed E-state index contributed by atoms with van der Waals surface area (Å²) in [6.07, 6.45) is 0.308. The SMILES string of the molecule is COCCCC(=O)NS(=O)(=O)c1ccccc1[N+](=O)[O-]. The van der Waals surface area contributed by atoms with Gasteiger partial charge < -0.3 is 4.74 Å². The molecule has 110 valence electrons. The number of sulfonamides is 1. The van der Waals surface area contributed by atoms with E-state index in [1.54, 1.807) is 4.72 Å². The first-order valence-electron chi connectivity index (χ1n) is 5.66. The van der Waals surface area contributed by atoms with Gasteiger partial charge >= 0.3 is 0 Å². The van der Waals surface area contributed by atoms with Crippen LogP contribution in [-0.2, 0) is 19.6 Å². The second-order valence-corrected chi connectivity index (χ2v) is 5.50. The molecule has 0 atom stereocenters. The highest BCUT2D eigenvalue weighted by atomic mass is 32.2. The van der Waals surface area contributed by atoms with Gasteiger partial charge in [0, 0.05) is 26.2 Å². The minimum absolute atomic E-state index is 0.0479. The van der Waals surface area contributed by atoms with Gasteiger partial charge in [-0.1, -0.05) is 12.1 Å². The number of rotatable bonds is 7. The van der Waals surface area contributed by atoms with E-state index in [1.165, 1.54) is 19.2 Å². The van der Waals surface area contributed by atoms with Gasteiger partial charge in [-0.15, -0.1) is 0 Å². The first kappa shape index (κ1) is 16.1. The van der Waals surface area contributed by atoms with Crippen LogP contribution in [0.3, 0.4) is 0 Å². The van der Waals surface area contributed by atoms with E-state index in [4.69, 9.17) is 4.74 Å². The average molecular weight is 302 g/mol. The lowest BCUT2D eigenvalue weighted by Gasteiger charge is -2.07. The van der Waals surface area contributed by atoms with Crippen molar-refractivity contribution in [3.8, 4) is 0 Å². The van der Waals surface area contributed by atoms with Crippen molar-refractivity contribution in [1.29, 1.82) is 0 Å². The van der Waals surface area contributed by atoms with E-state index in [-0.39, 0.29) is 6.42 Å². The lowest BCUT2D eigenvalue weighted by atomic mass is 10.3. The molecular weight excluding hydrogens is 288 g/mol. The summed E-state index contributed by atoms with van der Waals surface area (Å²) in [4.78, 5) is 20.9. The molecule has 1 rings (SSSR count). The van der Waals surface area contributed by atoms with E-state index in [0.29, 0.717) is 13.0 Å². The predicted octanol–water partition coefficient (Wildman–Crippen LogP) is 0.826. The van der Waals surface area contributed by atoms with E-state index in [0.717, 1.165) is 12.1 Å². The van der Waals surface area contributed by atoms with Crippen LogP contribution < -0.4 is 4.72 Å². The highest BCUT2D eigenvalue weighted by Gasteiger charge is 2.26. The summed E-state index contributed by atoms with van der Waals surface area (Å²) in [6, 6.07) is 4.82. The summed E-state index contributed by atoms with van der Waals surface area (Å²) in [7, 11) is -2.79. The molecule has 0 radical (unpaired) electrons. The van der Waals surface area contributed by atoms with Gasteiger partial charge in [-0.3, -0.25) is 14.9 Å². The molecule has 9 heteroatoms. The van der Waals surface area contributed by atoms with E-state index in [1.807, 2.05) is 0 Å². The Hall–Kier alpha value is -2.00. The molecule has 8 nitrogen and oxygen atoms in total. The zero-order valence-corrected chi connectivity index (χ0v) is 11.6. The second-order valence-electron chi connectivity index (χ2n) is 3.85. The van der Waals surface area contributed by atoms with Gasteiger partial charge in [0.25, 0.3) is 15.7 Å². The molecule has 0 heterocycles. The van der Waals surface area contributed by atoms with Crippen LogP contribution in [0.5, 0.6) is 0 Å². The maximum atomic E-state index is 11.9. The minimum atomic E-state index is -4.25. The van der Waals surface area contributed by atoms with Gasteiger partial charge in [0.15, 0.2) is 4.90 Å². The Morgan fingerprint density at radius 2 is 2.05 bits per heavy atom. The number of nitrogens with one attached hydrogen (secondary N) is 1. The number of methoxy groups -OCH3 is 1. The van der Waals surface area contributed by atoms with Crippen molar-refractivity contribution in [3.63, 3.8) is 0 Å². The van der Waals surface area contributed by atoms with E-state index in [2.05, 4.69) is 0 Å². The van der Waals surface area contributed by atoms with Crippen molar-refractivity contribution >= 4 is 21.6 Å². The molecule has 0 saturated heterocycles. The highest BCUT2D eigenvalue weighted by Crippen LogP contribution is 2.22. The molecule has 1 amide bonds. The molecule has 0 unspecified atom stereocenters. The number of benzene rings is 1. The number of carbonyl (C=O) groups is 1. The van der Waals surface area contributed by atoms with Crippen molar-refractivity contribution in [3.05, 3.63) is 34.4 Å². The summed E-state index contributed by atoms with van der Waals surface area (Å²) in [5.41, 5.74) is -0.579. The largest absolute Gasteiger partial charge is 0.385 e. The summed E-state index contributed by atoms with van der Waals surface area (Å²) in [6.45, 7) is 0.318. The molecule has 1 N–H and O–H groups in total. The molecule has 20 heavy (non-hydrogen) atoms. The quantitative estimate of drug-likeness (QED) is 0.453. The molecule has 0 saturated carbocycles. The number of nitro groups is 1. The van der Waals surface area contributed by atoms with Crippen molar-refractivity contribution in [1.82, 2.24) is 4.72 Å². The van der Waals surface area contributed by atoms with E-state index >= 15 is 0 Å². The maximum Gasteiger partial charge on any atom is 0.289 e. The number of nitro benzene ring substituents is 1. The summed E-state index contributed by atoms with van der Waals surface area (Å²) < 4.78 is 30.4. The van der Waals surface area contributed by atoms with Crippen molar-refractivity contribution in [2.75, 3.05) is 13.7 Å². The second kappa shape index (κ2) is 6.96. The molecular formula is C11H14N2O6S. The molecule has 0 aliphatic heterocycles. The molecule has 0 bridgehead atoms. The van der Waals surface area contributed by atoms with Gasteiger partial charge in [-0.25, -0.2) is 13.1 Å². The number of carbonyl (C=O) groups excluding carboxylic acids is 1. The van der Waals surface area contributed by atoms with Crippen LogP contribution in [0.4, 0.5) is 5.69 Å². The monoisotopic (exact) mass is 302 g/mol.